The first kappa shape index (κ1) is 15.2. The number of ether oxygens (including phenoxy) is 3. The monoisotopic (exact) mass is 313 g/mol. The predicted octanol–water partition coefficient (Wildman–Crippen LogP) is 2.65. The number of amides is 1. The van der Waals surface area contributed by atoms with E-state index in [1.807, 2.05) is 37.3 Å². The van der Waals surface area contributed by atoms with Gasteiger partial charge in [0.1, 0.15) is 12.4 Å². The molecule has 0 unspecified atom stereocenters. The third-order valence-corrected chi connectivity index (χ3v) is 3.80. The van der Waals surface area contributed by atoms with Crippen LogP contribution in [0.1, 0.15) is 17.3 Å². The molecule has 1 aliphatic heterocycles. The van der Waals surface area contributed by atoms with Crippen LogP contribution in [0.4, 0.5) is 0 Å². The number of hydrogen-bond donors (Lipinski definition) is 1. The molecule has 1 N–H and O–H groups in total. The molecule has 23 heavy (non-hydrogen) atoms. The molecule has 2 aromatic rings. The van der Waals surface area contributed by atoms with Crippen LogP contribution in [0.15, 0.2) is 48.5 Å². The van der Waals surface area contributed by atoms with E-state index < -0.39 is 0 Å². The van der Waals surface area contributed by atoms with E-state index in [-0.39, 0.29) is 18.1 Å². The van der Waals surface area contributed by atoms with Crippen molar-refractivity contribution in [3.63, 3.8) is 0 Å². The number of methoxy groups -OCH3 is 1. The Morgan fingerprint density at radius 2 is 1.87 bits per heavy atom. The van der Waals surface area contributed by atoms with Gasteiger partial charge in [0.25, 0.3) is 5.91 Å². The third kappa shape index (κ3) is 3.23. The molecular weight excluding hydrogens is 294 g/mol. The van der Waals surface area contributed by atoms with Crippen LogP contribution < -0.4 is 19.5 Å². The highest BCUT2D eigenvalue weighted by Crippen LogP contribution is 2.31. The van der Waals surface area contributed by atoms with Crippen LogP contribution in [0.25, 0.3) is 0 Å². The van der Waals surface area contributed by atoms with E-state index >= 15 is 0 Å². The largest absolute Gasteiger partial charge is 0.496 e. The van der Waals surface area contributed by atoms with Crippen LogP contribution in [0.5, 0.6) is 17.2 Å². The molecule has 0 saturated heterocycles. The van der Waals surface area contributed by atoms with Crippen molar-refractivity contribution < 1.29 is 19.0 Å². The summed E-state index contributed by atoms with van der Waals surface area (Å²) in [6.45, 7) is 2.29. The fourth-order valence-electron chi connectivity index (χ4n) is 2.49. The number of rotatable bonds is 4. The summed E-state index contributed by atoms with van der Waals surface area (Å²) >= 11 is 0. The van der Waals surface area contributed by atoms with Gasteiger partial charge in [0.05, 0.1) is 18.7 Å². The quantitative estimate of drug-likeness (QED) is 0.943. The van der Waals surface area contributed by atoms with Crippen molar-refractivity contribution in [3.05, 3.63) is 54.1 Å². The smallest absolute Gasteiger partial charge is 0.255 e. The van der Waals surface area contributed by atoms with Gasteiger partial charge in [-0.3, -0.25) is 4.79 Å². The van der Waals surface area contributed by atoms with Gasteiger partial charge in [-0.1, -0.05) is 24.3 Å². The van der Waals surface area contributed by atoms with Crippen LogP contribution >= 0.6 is 0 Å². The molecule has 120 valence electrons. The summed E-state index contributed by atoms with van der Waals surface area (Å²) in [5.41, 5.74) is 0.499. The molecule has 0 saturated carbocycles. The minimum Gasteiger partial charge on any atom is -0.496 e. The summed E-state index contributed by atoms with van der Waals surface area (Å²) in [4.78, 5) is 12.4. The van der Waals surface area contributed by atoms with Gasteiger partial charge in [0.2, 0.25) is 0 Å². The number of fused-ring (bicyclic) bond motifs is 1. The number of nitrogens with one attached hydrogen (secondary N) is 1. The summed E-state index contributed by atoms with van der Waals surface area (Å²) in [5.74, 6) is 1.77. The lowest BCUT2D eigenvalue weighted by Gasteiger charge is -2.30. The number of hydrogen-bond acceptors (Lipinski definition) is 4. The molecule has 0 spiro atoms. The van der Waals surface area contributed by atoms with E-state index in [1.165, 1.54) is 0 Å². The minimum atomic E-state index is -0.247. The second-order valence-electron chi connectivity index (χ2n) is 5.38. The molecule has 0 radical (unpaired) electrons. The molecular formula is C18H19NO4. The molecule has 1 aliphatic rings. The summed E-state index contributed by atoms with van der Waals surface area (Å²) in [5, 5.41) is 2.95. The topological polar surface area (TPSA) is 56.8 Å². The lowest BCUT2D eigenvalue weighted by molar-refractivity contribution is 0.0605. The zero-order valence-corrected chi connectivity index (χ0v) is 13.1. The Morgan fingerprint density at radius 1 is 1.17 bits per heavy atom. The van der Waals surface area contributed by atoms with Gasteiger partial charge in [-0.25, -0.2) is 0 Å². The van der Waals surface area contributed by atoms with Crippen molar-refractivity contribution >= 4 is 5.91 Å². The average Bonchev–Trinajstić information content (AvgIpc) is 2.61. The summed E-state index contributed by atoms with van der Waals surface area (Å²) in [6.07, 6.45) is -0.247. The van der Waals surface area contributed by atoms with Crippen molar-refractivity contribution in [2.45, 2.75) is 19.1 Å². The van der Waals surface area contributed by atoms with Crippen LogP contribution in [0.3, 0.4) is 0 Å². The molecule has 5 heteroatoms. The van der Waals surface area contributed by atoms with Gasteiger partial charge in [0, 0.05) is 0 Å². The Morgan fingerprint density at radius 3 is 2.65 bits per heavy atom. The summed E-state index contributed by atoms with van der Waals surface area (Å²) < 4.78 is 16.8. The number of carbonyl (C=O) groups excluding carboxylic acids is 1. The Bertz CT molecular complexity index is 701. The number of para-hydroxylation sites is 3. The molecule has 0 aromatic heterocycles. The van der Waals surface area contributed by atoms with Gasteiger partial charge in [0.15, 0.2) is 17.6 Å². The average molecular weight is 313 g/mol. The Balaban J connectivity index is 1.68. The van der Waals surface area contributed by atoms with Crippen molar-refractivity contribution in [2.75, 3.05) is 13.7 Å². The molecule has 0 fully saturated rings. The Hall–Kier alpha value is -2.69. The number of benzene rings is 2. The second-order valence-corrected chi connectivity index (χ2v) is 5.38. The molecule has 2 aromatic carbocycles. The van der Waals surface area contributed by atoms with Crippen LogP contribution in [-0.4, -0.2) is 31.8 Å². The molecule has 1 heterocycles. The van der Waals surface area contributed by atoms with Gasteiger partial charge in [-0.15, -0.1) is 0 Å². The Labute approximate surface area is 135 Å². The van der Waals surface area contributed by atoms with Crippen molar-refractivity contribution in [2.24, 2.45) is 0 Å². The first-order chi connectivity index (χ1) is 11.2. The lowest BCUT2D eigenvalue weighted by atomic mass is 10.1. The van der Waals surface area contributed by atoms with Gasteiger partial charge in [-0.05, 0) is 31.2 Å². The van der Waals surface area contributed by atoms with Crippen molar-refractivity contribution in [1.82, 2.24) is 5.32 Å². The predicted molar refractivity (Wildman–Crippen MR) is 86.3 cm³/mol. The van der Waals surface area contributed by atoms with E-state index in [0.717, 1.165) is 5.75 Å². The maximum absolute atomic E-state index is 12.4. The Kier molecular flexibility index (Phi) is 4.37. The molecule has 0 aliphatic carbocycles. The highest BCUT2D eigenvalue weighted by Gasteiger charge is 2.27. The first-order valence-corrected chi connectivity index (χ1v) is 7.51. The molecule has 0 bridgehead atoms. The van der Waals surface area contributed by atoms with Crippen LogP contribution in [-0.2, 0) is 0 Å². The van der Waals surface area contributed by atoms with Crippen LogP contribution in [0.2, 0.25) is 0 Å². The fourth-order valence-corrected chi connectivity index (χ4v) is 2.49. The molecule has 2 atom stereocenters. The molecule has 5 nitrogen and oxygen atoms in total. The van der Waals surface area contributed by atoms with Crippen LogP contribution in [0, 0.1) is 0 Å². The normalized spacial score (nSPS) is 17.2. The lowest BCUT2D eigenvalue weighted by Crippen LogP contribution is -2.48. The maximum atomic E-state index is 12.4. The summed E-state index contributed by atoms with van der Waals surface area (Å²) in [7, 11) is 1.55. The SMILES string of the molecule is COc1ccccc1C(=O)N[C@@H](C)[C@H]1COc2ccccc2O1. The zero-order valence-electron chi connectivity index (χ0n) is 13.1. The highest BCUT2D eigenvalue weighted by atomic mass is 16.6. The fraction of sp³-hybridized carbons (Fsp3) is 0.278. The maximum Gasteiger partial charge on any atom is 0.255 e. The zero-order chi connectivity index (χ0) is 16.2. The van der Waals surface area contributed by atoms with Gasteiger partial charge < -0.3 is 19.5 Å². The van der Waals surface area contributed by atoms with Gasteiger partial charge in [-0.2, -0.15) is 0 Å². The van der Waals surface area contributed by atoms with E-state index in [1.54, 1.807) is 25.3 Å². The first-order valence-electron chi connectivity index (χ1n) is 7.51. The summed E-state index contributed by atoms with van der Waals surface area (Å²) in [6, 6.07) is 14.4. The molecule has 1 amide bonds. The van der Waals surface area contributed by atoms with Crippen molar-refractivity contribution in [1.29, 1.82) is 0 Å². The second kappa shape index (κ2) is 6.60. The standard InChI is InChI=1S/C18H19NO4/c1-12(17-11-22-15-9-5-6-10-16(15)23-17)19-18(20)13-7-3-4-8-14(13)21-2/h3-10,12,17H,11H2,1-2H3,(H,19,20)/t12-,17+/m0/s1. The minimum absolute atomic E-state index is 0.197. The highest BCUT2D eigenvalue weighted by molar-refractivity contribution is 5.97. The van der Waals surface area contributed by atoms with E-state index in [2.05, 4.69) is 5.32 Å². The number of carbonyl (C=O) groups is 1. The van der Waals surface area contributed by atoms with E-state index in [4.69, 9.17) is 14.2 Å². The van der Waals surface area contributed by atoms with Gasteiger partial charge >= 0.3 is 0 Å². The van der Waals surface area contributed by atoms with E-state index in [9.17, 15) is 4.79 Å². The van der Waals surface area contributed by atoms with Crippen molar-refractivity contribution in [3.8, 4) is 17.2 Å². The molecule has 3 rings (SSSR count). The van der Waals surface area contributed by atoms with E-state index in [0.29, 0.717) is 23.7 Å². The third-order valence-electron chi connectivity index (χ3n) is 3.80.